The molecule has 0 saturated carbocycles. The molecule has 0 aromatic heterocycles. The zero-order chi connectivity index (χ0) is 10.7. The van der Waals surface area contributed by atoms with Crippen molar-refractivity contribution in [3.63, 3.8) is 0 Å². The SMILES string of the molecule is NCC(O)Cc1ccc(F)c(Cl)c1F. The van der Waals surface area contributed by atoms with Gasteiger partial charge in [0, 0.05) is 13.0 Å². The van der Waals surface area contributed by atoms with Crippen LogP contribution < -0.4 is 5.73 Å². The topological polar surface area (TPSA) is 46.2 Å². The zero-order valence-electron chi connectivity index (χ0n) is 7.30. The second-order valence-electron chi connectivity index (χ2n) is 2.93. The highest BCUT2D eigenvalue weighted by atomic mass is 35.5. The molecule has 0 aliphatic heterocycles. The lowest BCUT2D eigenvalue weighted by atomic mass is 10.1. The third kappa shape index (κ3) is 2.41. The molecule has 0 aliphatic rings. The Bertz CT molecular complexity index is 333. The van der Waals surface area contributed by atoms with Crippen LogP contribution >= 0.6 is 11.6 Å². The summed E-state index contributed by atoms with van der Waals surface area (Å²) in [6, 6.07) is 2.30. The molecule has 2 nitrogen and oxygen atoms in total. The highest BCUT2D eigenvalue weighted by Crippen LogP contribution is 2.22. The van der Waals surface area contributed by atoms with E-state index in [0.29, 0.717) is 0 Å². The van der Waals surface area contributed by atoms with Gasteiger partial charge in [-0.25, -0.2) is 8.78 Å². The van der Waals surface area contributed by atoms with Crippen molar-refractivity contribution < 1.29 is 13.9 Å². The van der Waals surface area contributed by atoms with Crippen molar-refractivity contribution in [1.29, 1.82) is 0 Å². The Kier molecular flexibility index (Phi) is 3.80. The quantitative estimate of drug-likeness (QED) is 0.760. The van der Waals surface area contributed by atoms with Gasteiger partial charge in [-0.3, -0.25) is 0 Å². The molecule has 0 radical (unpaired) electrons. The molecule has 1 aromatic carbocycles. The highest BCUT2D eigenvalue weighted by molar-refractivity contribution is 6.30. The molecule has 0 bridgehead atoms. The van der Waals surface area contributed by atoms with E-state index in [2.05, 4.69) is 0 Å². The van der Waals surface area contributed by atoms with Crippen molar-refractivity contribution in [2.24, 2.45) is 5.73 Å². The van der Waals surface area contributed by atoms with E-state index in [1.807, 2.05) is 0 Å². The maximum absolute atomic E-state index is 13.2. The van der Waals surface area contributed by atoms with Crippen molar-refractivity contribution in [2.75, 3.05) is 6.54 Å². The Labute approximate surface area is 85.3 Å². The molecule has 0 amide bonds. The van der Waals surface area contributed by atoms with Crippen LogP contribution in [0.3, 0.4) is 0 Å². The molecule has 1 rings (SSSR count). The first-order valence-electron chi connectivity index (χ1n) is 4.06. The van der Waals surface area contributed by atoms with Crippen LogP contribution in [0, 0.1) is 11.6 Å². The van der Waals surface area contributed by atoms with Gasteiger partial charge in [0.25, 0.3) is 0 Å². The second-order valence-corrected chi connectivity index (χ2v) is 3.31. The van der Waals surface area contributed by atoms with E-state index >= 15 is 0 Å². The fraction of sp³-hybridized carbons (Fsp3) is 0.333. The number of aliphatic hydroxyl groups is 1. The summed E-state index contributed by atoms with van der Waals surface area (Å²) >= 11 is 5.35. The van der Waals surface area contributed by atoms with Gasteiger partial charge >= 0.3 is 0 Å². The van der Waals surface area contributed by atoms with Crippen LogP contribution in [-0.4, -0.2) is 17.8 Å². The largest absolute Gasteiger partial charge is 0.391 e. The number of nitrogens with two attached hydrogens (primary N) is 1. The number of benzene rings is 1. The monoisotopic (exact) mass is 221 g/mol. The van der Waals surface area contributed by atoms with Gasteiger partial charge in [0.2, 0.25) is 0 Å². The second kappa shape index (κ2) is 4.68. The fourth-order valence-electron chi connectivity index (χ4n) is 1.06. The van der Waals surface area contributed by atoms with Gasteiger partial charge < -0.3 is 10.8 Å². The smallest absolute Gasteiger partial charge is 0.148 e. The first-order chi connectivity index (χ1) is 6.56. The molecule has 0 aliphatic carbocycles. The molecule has 3 N–H and O–H groups in total. The van der Waals surface area contributed by atoms with Crippen LogP contribution in [0.15, 0.2) is 12.1 Å². The molecule has 14 heavy (non-hydrogen) atoms. The fourth-order valence-corrected chi connectivity index (χ4v) is 1.25. The van der Waals surface area contributed by atoms with Gasteiger partial charge in [-0.1, -0.05) is 17.7 Å². The summed E-state index contributed by atoms with van der Waals surface area (Å²) in [6.07, 6.45) is -0.812. The molecule has 78 valence electrons. The molecular weight excluding hydrogens is 212 g/mol. The zero-order valence-corrected chi connectivity index (χ0v) is 8.06. The average Bonchev–Trinajstić information content (AvgIpc) is 2.19. The molecule has 1 unspecified atom stereocenters. The molecule has 0 saturated heterocycles. The average molecular weight is 222 g/mol. The van der Waals surface area contributed by atoms with E-state index in [1.165, 1.54) is 6.07 Å². The maximum atomic E-state index is 13.2. The molecule has 0 spiro atoms. The number of aliphatic hydroxyl groups excluding tert-OH is 1. The molecule has 0 fully saturated rings. The lowest BCUT2D eigenvalue weighted by Crippen LogP contribution is -2.22. The van der Waals surface area contributed by atoms with Crippen molar-refractivity contribution in [1.82, 2.24) is 0 Å². The van der Waals surface area contributed by atoms with Crippen LogP contribution in [0.1, 0.15) is 5.56 Å². The lowest BCUT2D eigenvalue weighted by Gasteiger charge is -2.09. The Hall–Kier alpha value is -0.710. The third-order valence-corrected chi connectivity index (χ3v) is 2.19. The van der Waals surface area contributed by atoms with Crippen molar-refractivity contribution >= 4 is 11.6 Å². The number of rotatable bonds is 3. The van der Waals surface area contributed by atoms with Gasteiger partial charge in [-0.2, -0.15) is 0 Å². The van der Waals surface area contributed by atoms with Crippen molar-refractivity contribution in [3.05, 3.63) is 34.4 Å². The van der Waals surface area contributed by atoms with Gasteiger partial charge in [0.1, 0.15) is 16.7 Å². The molecule has 1 atom stereocenters. The van der Waals surface area contributed by atoms with E-state index in [-0.39, 0.29) is 18.5 Å². The Morgan fingerprint density at radius 1 is 1.43 bits per heavy atom. The van der Waals surface area contributed by atoms with E-state index < -0.39 is 22.8 Å². The minimum atomic E-state index is -0.842. The van der Waals surface area contributed by atoms with Gasteiger partial charge in [0.05, 0.1) is 6.10 Å². The lowest BCUT2D eigenvalue weighted by molar-refractivity contribution is 0.182. The summed E-state index contributed by atoms with van der Waals surface area (Å²) in [5, 5.41) is 8.62. The van der Waals surface area contributed by atoms with Gasteiger partial charge in [-0.05, 0) is 11.6 Å². The van der Waals surface area contributed by atoms with Crippen LogP contribution in [0.25, 0.3) is 0 Å². The van der Waals surface area contributed by atoms with E-state index in [9.17, 15) is 8.78 Å². The third-order valence-electron chi connectivity index (χ3n) is 1.84. The Morgan fingerprint density at radius 2 is 2.07 bits per heavy atom. The minimum absolute atomic E-state index is 0.0223. The maximum Gasteiger partial charge on any atom is 0.148 e. The predicted octanol–water partition coefficient (Wildman–Crippen LogP) is 1.48. The van der Waals surface area contributed by atoms with Crippen LogP contribution in [0.4, 0.5) is 8.78 Å². The summed E-state index contributed by atoms with van der Waals surface area (Å²) in [4.78, 5) is 0. The number of hydrogen-bond acceptors (Lipinski definition) is 2. The number of halogens is 3. The van der Waals surface area contributed by atoms with E-state index in [4.69, 9.17) is 22.4 Å². The standard InChI is InChI=1S/C9H10ClF2NO/c10-8-7(11)2-1-5(9(8)12)3-6(14)4-13/h1-2,6,14H,3-4,13H2. The number of hydrogen-bond donors (Lipinski definition) is 2. The minimum Gasteiger partial charge on any atom is -0.391 e. The summed E-state index contributed by atoms with van der Waals surface area (Å²) in [6.45, 7) is 0.0223. The Balaban J connectivity index is 2.94. The highest BCUT2D eigenvalue weighted by Gasteiger charge is 2.13. The normalized spacial score (nSPS) is 12.9. The molecular formula is C9H10ClF2NO. The first-order valence-corrected chi connectivity index (χ1v) is 4.44. The predicted molar refractivity (Wildman–Crippen MR) is 50.1 cm³/mol. The summed E-state index contributed by atoms with van der Waals surface area (Å²) in [5.41, 5.74) is 5.32. The van der Waals surface area contributed by atoms with Gasteiger partial charge in [0.15, 0.2) is 0 Å². The van der Waals surface area contributed by atoms with Crippen molar-refractivity contribution in [3.8, 4) is 0 Å². The van der Waals surface area contributed by atoms with Gasteiger partial charge in [-0.15, -0.1) is 0 Å². The van der Waals surface area contributed by atoms with E-state index in [1.54, 1.807) is 0 Å². The van der Waals surface area contributed by atoms with Crippen molar-refractivity contribution in [2.45, 2.75) is 12.5 Å². The molecule has 0 heterocycles. The Morgan fingerprint density at radius 3 is 2.64 bits per heavy atom. The summed E-state index contributed by atoms with van der Waals surface area (Å²) < 4.78 is 26.0. The summed E-state index contributed by atoms with van der Waals surface area (Å²) in [7, 11) is 0. The van der Waals surface area contributed by atoms with Crippen LogP contribution in [-0.2, 0) is 6.42 Å². The summed E-state index contributed by atoms with van der Waals surface area (Å²) in [5.74, 6) is -1.64. The van der Waals surface area contributed by atoms with E-state index in [0.717, 1.165) is 6.07 Å². The molecule has 5 heteroatoms. The van der Waals surface area contributed by atoms with Crippen LogP contribution in [0.5, 0.6) is 0 Å². The molecule has 1 aromatic rings. The van der Waals surface area contributed by atoms with Crippen LogP contribution in [0.2, 0.25) is 5.02 Å². The first kappa shape index (κ1) is 11.4.